The summed E-state index contributed by atoms with van der Waals surface area (Å²) in [5.41, 5.74) is 0.845. The summed E-state index contributed by atoms with van der Waals surface area (Å²) in [6.45, 7) is 4.61. The molecule has 0 aliphatic heterocycles. The number of carbonyl (C=O) groups excluding carboxylic acids is 1. The average molecular weight is 333 g/mol. The van der Waals surface area contributed by atoms with Gasteiger partial charge in [-0.3, -0.25) is 4.79 Å². The van der Waals surface area contributed by atoms with Crippen LogP contribution in [0.25, 0.3) is 11.0 Å². The highest BCUT2D eigenvalue weighted by atomic mass is 16.5. The van der Waals surface area contributed by atoms with Crippen molar-refractivity contribution in [2.75, 3.05) is 32.2 Å². The van der Waals surface area contributed by atoms with Crippen LogP contribution in [0.3, 0.4) is 0 Å². The summed E-state index contributed by atoms with van der Waals surface area (Å²) in [7, 11) is 3.45. The molecule has 0 saturated heterocycles. The molecule has 0 amide bonds. The molecule has 0 aliphatic rings. The molecular weight excluding hydrogens is 310 g/mol. The van der Waals surface area contributed by atoms with E-state index in [-0.39, 0.29) is 11.9 Å². The normalized spacial score (nSPS) is 10.9. The van der Waals surface area contributed by atoms with Gasteiger partial charge in [-0.15, -0.1) is 0 Å². The van der Waals surface area contributed by atoms with E-state index in [9.17, 15) is 9.59 Å². The standard InChI is InChI=1S/C18H23NO5/c1-12(2)18(21)23-9-5-8-19(3)15-11-17(20)24-16-10-13(22-4)6-7-14(15)16/h6-7,10-12H,5,8-9H2,1-4H3. The van der Waals surface area contributed by atoms with Crippen LogP contribution < -0.4 is 15.3 Å². The highest BCUT2D eigenvalue weighted by Gasteiger charge is 2.12. The van der Waals surface area contributed by atoms with Crippen molar-refractivity contribution in [3.05, 3.63) is 34.7 Å². The Morgan fingerprint density at radius 2 is 2.04 bits per heavy atom. The van der Waals surface area contributed by atoms with E-state index < -0.39 is 5.63 Å². The highest BCUT2D eigenvalue weighted by molar-refractivity contribution is 5.90. The van der Waals surface area contributed by atoms with Crippen molar-refractivity contribution in [3.8, 4) is 5.75 Å². The van der Waals surface area contributed by atoms with Gasteiger partial charge in [0.15, 0.2) is 0 Å². The van der Waals surface area contributed by atoms with E-state index >= 15 is 0 Å². The fourth-order valence-corrected chi connectivity index (χ4v) is 2.33. The summed E-state index contributed by atoms with van der Waals surface area (Å²) < 4.78 is 15.6. The number of ether oxygens (including phenoxy) is 2. The van der Waals surface area contributed by atoms with Crippen LogP contribution in [0.4, 0.5) is 5.69 Å². The summed E-state index contributed by atoms with van der Waals surface area (Å²) in [4.78, 5) is 25.2. The first-order valence-corrected chi connectivity index (χ1v) is 7.92. The Balaban J connectivity index is 2.10. The highest BCUT2D eigenvalue weighted by Crippen LogP contribution is 2.27. The molecule has 1 aromatic heterocycles. The van der Waals surface area contributed by atoms with Gasteiger partial charge < -0.3 is 18.8 Å². The number of hydrogen-bond donors (Lipinski definition) is 0. The van der Waals surface area contributed by atoms with Crippen LogP contribution in [0.2, 0.25) is 0 Å². The van der Waals surface area contributed by atoms with E-state index in [1.807, 2.05) is 24.1 Å². The lowest BCUT2D eigenvalue weighted by Gasteiger charge is -2.20. The molecule has 6 heteroatoms. The second kappa shape index (κ2) is 7.86. The number of carbonyl (C=O) groups is 1. The molecule has 6 nitrogen and oxygen atoms in total. The molecule has 2 rings (SSSR count). The van der Waals surface area contributed by atoms with Crippen LogP contribution >= 0.6 is 0 Å². The van der Waals surface area contributed by atoms with E-state index in [0.29, 0.717) is 30.9 Å². The summed E-state index contributed by atoms with van der Waals surface area (Å²) >= 11 is 0. The van der Waals surface area contributed by atoms with Crippen LogP contribution in [-0.2, 0) is 9.53 Å². The van der Waals surface area contributed by atoms with E-state index in [1.54, 1.807) is 27.0 Å². The zero-order valence-electron chi connectivity index (χ0n) is 14.5. The molecule has 1 heterocycles. The number of anilines is 1. The molecule has 0 aliphatic carbocycles. The Morgan fingerprint density at radius 3 is 2.71 bits per heavy atom. The Morgan fingerprint density at radius 1 is 1.29 bits per heavy atom. The maximum atomic E-state index is 11.8. The third-order valence-electron chi connectivity index (χ3n) is 3.69. The molecule has 0 fully saturated rings. The lowest BCUT2D eigenvalue weighted by Crippen LogP contribution is -2.22. The van der Waals surface area contributed by atoms with Crippen LogP contribution in [0.1, 0.15) is 20.3 Å². The number of esters is 1. The Labute approximate surface area is 141 Å². The van der Waals surface area contributed by atoms with Crippen molar-refractivity contribution in [1.82, 2.24) is 0 Å². The van der Waals surface area contributed by atoms with Gasteiger partial charge in [-0.25, -0.2) is 4.79 Å². The monoisotopic (exact) mass is 333 g/mol. The maximum absolute atomic E-state index is 11.8. The van der Waals surface area contributed by atoms with Gasteiger partial charge in [-0.2, -0.15) is 0 Å². The first-order valence-electron chi connectivity index (χ1n) is 7.92. The predicted molar refractivity (Wildman–Crippen MR) is 92.7 cm³/mol. The van der Waals surface area contributed by atoms with Crippen molar-refractivity contribution in [2.24, 2.45) is 5.92 Å². The molecular formula is C18H23NO5. The fraction of sp³-hybridized carbons (Fsp3) is 0.444. The number of fused-ring (bicyclic) bond motifs is 1. The average Bonchev–Trinajstić information content (AvgIpc) is 2.56. The Hall–Kier alpha value is -2.50. The van der Waals surface area contributed by atoms with Crippen molar-refractivity contribution >= 4 is 22.6 Å². The Kier molecular flexibility index (Phi) is 5.84. The first kappa shape index (κ1) is 17.8. The van der Waals surface area contributed by atoms with Crippen LogP contribution in [0.15, 0.2) is 33.5 Å². The van der Waals surface area contributed by atoms with Crippen molar-refractivity contribution in [2.45, 2.75) is 20.3 Å². The summed E-state index contributed by atoms with van der Waals surface area (Å²) in [6, 6.07) is 6.85. The molecule has 24 heavy (non-hydrogen) atoms. The van der Waals surface area contributed by atoms with Gasteiger partial charge in [0.2, 0.25) is 0 Å². The van der Waals surface area contributed by atoms with E-state index in [2.05, 4.69) is 0 Å². The minimum atomic E-state index is -0.413. The van der Waals surface area contributed by atoms with Crippen LogP contribution in [-0.4, -0.2) is 33.3 Å². The molecule has 0 unspecified atom stereocenters. The maximum Gasteiger partial charge on any atom is 0.338 e. The van der Waals surface area contributed by atoms with Gasteiger partial charge in [0, 0.05) is 31.1 Å². The van der Waals surface area contributed by atoms with Gasteiger partial charge in [-0.1, -0.05) is 13.8 Å². The zero-order chi connectivity index (χ0) is 17.7. The number of nitrogens with zero attached hydrogens (tertiary/aromatic N) is 1. The quantitative estimate of drug-likeness (QED) is 0.441. The van der Waals surface area contributed by atoms with E-state index in [0.717, 1.165) is 11.1 Å². The molecule has 0 N–H and O–H groups in total. The van der Waals surface area contributed by atoms with Crippen LogP contribution in [0, 0.1) is 5.92 Å². The molecule has 130 valence electrons. The van der Waals surface area contributed by atoms with Gasteiger partial charge in [0.1, 0.15) is 11.3 Å². The molecule has 0 atom stereocenters. The fourth-order valence-electron chi connectivity index (χ4n) is 2.33. The summed E-state index contributed by atoms with van der Waals surface area (Å²) in [5.74, 6) is 0.307. The minimum absolute atomic E-state index is 0.125. The van der Waals surface area contributed by atoms with Crippen LogP contribution in [0.5, 0.6) is 5.75 Å². The summed E-state index contributed by atoms with van der Waals surface area (Å²) in [6.07, 6.45) is 0.673. The zero-order valence-corrected chi connectivity index (χ0v) is 14.5. The molecule has 0 bridgehead atoms. The third kappa shape index (κ3) is 4.28. The lowest BCUT2D eigenvalue weighted by atomic mass is 10.2. The van der Waals surface area contributed by atoms with Crippen molar-refractivity contribution in [1.29, 1.82) is 0 Å². The Bertz CT molecular complexity index is 766. The van der Waals surface area contributed by atoms with Gasteiger partial charge in [0.05, 0.1) is 25.3 Å². The molecule has 2 aromatic rings. The third-order valence-corrected chi connectivity index (χ3v) is 3.69. The van der Waals surface area contributed by atoms with Gasteiger partial charge in [0.25, 0.3) is 0 Å². The smallest absolute Gasteiger partial charge is 0.338 e. The first-order chi connectivity index (χ1) is 11.4. The number of methoxy groups -OCH3 is 1. The van der Waals surface area contributed by atoms with Gasteiger partial charge in [-0.05, 0) is 18.6 Å². The number of benzene rings is 1. The summed E-state index contributed by atoms with van der Waals surface area (Å²) in [5, 5.41) is 0.831. The van der Waals surface area contributed by atoms with E-state index in [1.165, 1.54) is 6.07 Å². The van der Waals surface area contributed by atoms with Crippen molar-refractivity contribution < 1.29 is 18.7 Å². The predicted octanol–water partition coefficient (Wildman–Crippen LogP) is 2.83. The SMILES string of the molecule is COc1ccc2c(N(C)CCCOC(=O)C(C)C)cc(=O)oc2c1. The van der Waals surface area contributed by atoms with Gasteiger partial charge >= 0.3 is 11.6 Å². The number of hydrogen-bond acceptors (Lipinski definition) is 6. The van der Waals surface area contributed by atoms with Crippen molar-refractivity contribution in [3.63, 3.8) is 0 Å². The largest absolute Gasteiger partial charge is 0.497 e. The molecule has 0 saturated carbocycles. The molecule has 1 aromatic carbocycles. The second-order valence-electron chi connectivity index (χ2n) is 5.91. The topological polar surface area (TPSA) is 69.0 Å². The minimum Gasteiger partial charge on any atom is -0.497 e. The molecule has 0 radical (unpaired) electrons. The molecule has 0 spiro atoms. The lowest BCUT2D eigenvalue weighted by molar-refractivity contribution is -0.147. The second-order valence-corrected chi connectivity index (χ2v) is 5.91. The number of rotatable bonds is 7. The van der Waals surface area contributed by atoms with E-state index in [4.69, 9.17) is 13.9 Å².